The number of hydrogen-bond donors (Lipinski definition) is 0. The Morgan fingerprint density at radius 3 is 1.97 bits per heavy atom. The maximum absolute atomic E-state index is 13.2. The molecule has 3 aromatic rings. The minimum absolute atomic E-state index is 0.0481. The summed E-state index contributed by atoms with van der Waals surface area (Å²) in [5.41, 5.74) is 2.30. The predicted octanol–water partition coefficient (Wildman–Crippen LogP) is 3.61. The van der Waals surface area contributed by atoms with Crippen molar-refractivity contribution < 1.29 is 19.1 Å². The summed E-state index contributed by atoms with van der Waals surface area (Å²) in [4.78, 5) is 32.0. The maximum atomic E-state index is 13.2. The fourth-order valence-electron chi connectivity index (χ4n) is 4.43. The molecule has 1 saturated heterocycles. The van der Waals surface area contributed by atoms with Crippen molar-refractivity contribution in [2.45, 2.75) is 13.8 Å². The molecule has 38 heavy (non-hydrogen) atoms. The van der Waals surface area contributed by atoms with Crippen LogP contribution >= 0.6 is 0 Å². The molecule has 0 bridgehead atoms. The van der Waals surface area contributed by atoms with Gasteiger partial charge in [-0.3, -0.25) is 9.59 Å². The van der Waals surface area contributed by atoms with Crippen LogP contribution in [0.25, 0.3) is 11.3 Å². The zero-order valence-electron chi connectivity index (χ0n) is 22.5. The molecule has 0 radical (unpaired) electrons. The number of ether oxygens (including phenoxy) is 2. The molecule has 9 heteroatoms. The van der Waals surface area contributed by atoms with E-state index in [1.807, 2.05) is 55.1 Å². The molecular formula is C29H35N5O4. The molecule has 2 heterocycles. The normalized spacial score (nSPS) is 13.4. The van der Waals surface area contributed by atoms with E-state index < -0.39 is 0 Å². The number of methoxy groups -OCH3 is 2. The highest BCUT2D eigenvalue weighted by Gasteiger charge is 2.26. The van der Waals surface area contributed by atoms with E-state index in [1.165, 1.54) is 0 Å². The molecule has 1 aliphatic rings. The first-order chi connectivity index (χ1) is 18.4. The summed E-state index contributed by atoms with van der Waals surface area (Å²) in [7, 11) is 3.23. The molecule has 0 spiro atoms. The van der Waals surface area contributed by atoms with Crippen LogP contribution in [0.2, 0.25) is 0 Å². The first-order valence-corrected chi connectivity index (χ1v) is 12.8. The fourth-order valence-corrected chi connectivity index (χ4v) is 4.43. The van der Waals surface area contributed by atoms with Crippen LogP contribution in [0, 0.1) is 5.92 Å². The average molecular weight is 518 g/mol. The Morgan fingerprint density at radius 1 is 0.842 bits per heavy atom. The highest BCUT2D eigenvalue weighted by Crippen LogP contribution is 2.22. The van der Waals surface area contributed by atoms with Crippen LogP contribution in [0.1, 0.15) is 24.2 Å². The molecule has 0 unspecified atom stereocenters. The third-order valence-corrected chi connectivity index (χ3v) is 6.53. The highest BCUT2D eigenvalue weighted by atomic mass is 16.5. The molecule has 200 valence electrons. The van der Waals surface area contributed by atoms with Crippen molar-refractivity contribution in [2.75, 3.05) is 58.4 Å². The Hall–Kier alpha value is -4.14. The molecule has 9 nitrogen and oxygen atoms in total. The lowest BCUT2D eigenvalue weighted by molar-refractivity contribution is -0.132. The van der Waals surface area contributed by atoms with Crippen LogP contribution in [-0.4, -0.2) is 85.3 Å². The van der Waals surface area contributed by atoms with Crippen molar-refractivity contribution in [3.63, 3.8) is 0 Å². The predicted molar refractivity (Wildman–Crippen MR) is 147 cm³/mol. The van der Waals surface area contributed by atoms with Gasteiger partial charge in [0.1, 0.15) is 18.0 Å². The average Bonchev–Trinajstić information content (AvgIpc) is 2.96. The molecule has 0 atom stereocenters. The number of aromatic nitrogens is 2. The molecule has 0 aliphatic carbocycles. The van der Waals surface area contributed by atoms with Crippen LogP contribution in [0.15, 0.2) is 60.7 Å². The zero-order valence-corrected chi connectivity index (χ0v) is 22.5. The standard InChI is InChI=1S/C29H35N5O4/c1-21(2)19-34(29(36)23-7-11-25(38-4)12-8-23)20-28(35)33-17-15-32(16-18-33)27-14-13-26(30-31-27)22-5-9-24(37-3)10-6-22/h5-14,21H,15-20H2,1-4H3. The fraction of sp³-hybridized carbons (Fsp3) is 0.379. The van der Waals surface area contributed by atoms with E-state index in [2.05, 4.69) is 15.1 Å². The second-order valence-electron chi connectivity index (χ2n) is 9.68. The second kappa shape index (κ2) is 12.4. The van der Waals surface area contributed by atoms with Crippen LogP contribution in [-0.2, 0) is 4.79 Å². The summed E-state index contributed by atoms with van der Waals surface area (Å²) in [6.45, 7) is 7.07. The molecule has 2 amide bonds. The summed E-state index contributed by atoms with van der Waals surface area (Å²) in [6.07, 6.45) is 0. The topological polar surface area (TPSA) is 88.1 Å². The molecule has 1 aromatic heterocycles. The van der Waals surface area contributed by atoms with E-state index >= 15 is 0 Å². The van der Waals surface area contributed by atoms with Crippen molar-refractivity contribution in [1.29, 1.82) is 0 Å². The van der Waals surface area contributed by atoms with Gasteiger partial charge in [-0.15, -0.1) is 10.2 Å². The molecule has 4 rings (SSSR count). The summed E-state index contributed by atoms with van der Waals surface area (Å²) in [6, 6.07) is 18.6. The third kappa shape index (κ3) is 6.59. The van der Waals surface area contributed by atoms with E-state index in [0.29, 0.717) is 44.0 Å². The zero-order chi connectivity index (χ0) is 27.1. The van der Waals surface area contributed by atoms with Gasteiger partial charge in [0.05, 0.1) is 19.9 Å². The van der Waals surface area contributed by atoms with Crippen molar-refractivity contribution in [3.05, 3.63) is 66.2 Å². The van der Waals surface area contributed by atoms with E-state index in [9.17, 15) is 9.59 Å². The van der Waals surface area contributed by atoms with Crippen molar-refractivity contribution in [3.8, 4) is 22.8 Å². The molecule has 1 aliphatic heterocycles. The van der Waals surface area contributed by atoms with Gasteiger partial charge in [0.2, 0.25) is 5.91 Å². The molecule has 0 N–H and O–H groups in total. The summed E-state index contributed by atoms with van der Waals surface area (Å²) in [5.74, 6) is 2.30. The Balaban J connectivity index is 1.34. The van der Waals surface area contributed by atoms with E-state index in [0.717, 1.165) is 22.8 Å². The smallest absolute Gasteiger partial charge is 0.254 e. The maximum Gasteiger partial charge on any atom is 0.254 e. The van der Waals surface area contributed by atoms with Crippen LogP contribution in [0.3, 0.4) is 0 Å². The van der Waals surface area contributed by atoms with Gasteiger partial charge in [-0.25, -0.2) is 0 Å². The Bertz CT molecular complexity index is 1210. The summed E-state index contributed by atoms with van der Waals surface area (Å²) in [5, 5.41) is 8.82. The number of carbonyl (C=O) groups excluding carboxylic acids is 2. The minimum atomic E-state index is -0.152. The van der Waals surface area contributed by atoms with Crippen LogP contribution in [0.4, 0.5) is 5.82 Å². The number of anilines is 1. The van der Waals surface area contributed by atoms with E-state index in [1.54, 1.807) is 43.4 Å². The number of rotatable bonds is 9. The molecule has 0 saturated carbocycles. The van der Waals surface area contributed by atoms with Gasteiger partial charge in [0.25, 0.3) is 5.91 Å². The Labute approximate surface area is 224 Å². The summed E-state index contributed by atoms with van der Waals surface area (Å²) < 4.78 is 10.4. The Morgan fingerprint density at radius 2 is 1.45 bits per heavy atom. The van der Waals surface area contributed by atoms with Gasteiger partial charge in [0.15, 0.2) is 5.82 Å². The number of carbonyl (C=O) groups is 2. The van der Waals surface area contributed by atoms with Gasteiger partial charge in [-0.2, -0.15) is 0 Å². The Kier molecular flexibility index (Phi) is 8.78. The first kappa shape index (κ1) is 26.9. The van der Waals surface area contributed by atoms with Crippen LogP contribution < -0.4 is 14.4 Å². The third-order valence-electron chi connectivity index (χ3n) is 6.53. The van der Waals surface area contributed by atoms with Gasteiger partial charge in [-0.05, 0) is 66.6 Å². The number of piperazine rings is 1. The number of benzene rings is 2. The quantitative estimate of drug-likeness (QED) is 0.429. The second-order valence-corrected chi connectivity index (χ2v) is 9.68. The van der Waals surface area contributed by atoms with E-state index in [-0.39, 0.29) is 24.3 Å². The number of hydrogen-bond acceptors (Lipinski definition) is 7. The van der Waals surface area contributed by atoms with Crippen molar-refractivity contribution in [1.82, 2.24) is 20.0 Å². The van der Waals surface area contributed by atoms with Gasteiger partial charge in [-0.1, -0.05) is 13.8 Å². The van der Waals surface area contributed by atoms with Crippen LogP contribution in [0.5, 0.6) is 11.5 Å². The van der Waals surface area contributed by atoms with Crippen molar-refractivity contribution >= 4 is 17.6 Å². The lowest BCUT2D eigenvalue weighted by Crippen LogP contribution is -2.52. The van der Waals surface area contributed by atoms with Gasteiger partial charge in [0, 0.05) is 43.9 Å². The van der Waals surface area contributed by atoms with Gasteiger partial charge < -0.3 is 24.2 Å². The lowest BCUT2D eigenvalue weighted by atomic mass is 10.1. The molecular weight excluding hydrogens is 482 g/mol. The van der Waals surface area contributed by atoms with Crippen molar-refractivity contribution in [2.24, 2.45) is 5.92 Å². The minimum Gasteiger partial charge on any atom is -0.497 e. The summed E-state index contributed by atoms with van der Waals surface area (Å²) >= 11 is 0. The monoisotopic (exact) mass is 517 g/mol. The SMILES string of the molecule is COc1ccc(C(=O)N(CC(=O)N2CCN(c3ccc(-c4ccc(OC)cc4)nn3)CC2)CC(C)C)cc1. The largest absolute Gasteiger partial charge is 0.497 e. The van der Waals surface area contributed by atoms with Gasteiger partial charge >= 0.3 is 0 Å². The molecule has 1 fully saturated rings. The number of nitrogens with zero attached hydrogens (tertiary/aromatic N) is 5. The molecule has 2 aromatic carbocycles. The number of amides is 2. The van der Waals surface area contributed by atoms with E-state index in [4.69, 9.17) is 9.47 Å². The highest BCUT2D eigenvalue weighted by molar-refractivity contribution is 5.96. The first-order valence-electron chi connectivity index (χ1n) is 12.8. The lowest BCUT2D eigenvalue weighted by Gasteiger charge is -2.36.